The molecular formula is C36H42N4O7. The van der Waals surface area contributed by atoms with Crippen molar-refractivity contribution in [3.63, 3.8) is 0 Å². The van der Waals surface area contributed by atoms with Gasteiger partial charge in [0.25, 0.3) is 0 Å². The maximum Gasteiger partial charge on any atom is 0.407 e. The first-order valence-corrected chi connectivity index (χ1v) is 15.8. The molecule has 248 valence electrons. The average molecular weight is 643 g/mol. The fourth-order valence-electron chi connectivity index (χ4n) is 8.30. The number of fused-ring (bicyclic) bond motifs is 7. The Labute approximate surface area is 275 Å². The summed E-state index contributed by atoms with van der Waals surface area (Å²) in [6.07, 6.45) is 0.316. The van der Waals surface area contributed by atoms with E-state index in [0.717, 1.165) is 33.4 Å². The SMILES string of the molecule is COc1c(C)c(C)c2c(c1O)[C@@H]1[C@@H]3Cc4c(OC)c(C)c(OC)c(O)c4[C@H](CNC(=O)OCc4ccccc4)N3[C@@H](C#N)[C@H](C2)N1C. The third kappa shape index (κ3) is 4.98. The highest BCUT2D eigenvalue weighted by atomic mass is 16.5. The van der Waals surface area contributed by atoms with Gasteiger partial charge < -0.3 is 34.5 Å². The van der Waals surface area contributed by atoms with Gasteiger partial charge in [0.2, 0.25) is 0 Å². The van der Waals surface area contributed by atoms with E-state index >= 15 is 0 Å². The van der Waals surface area contributed by atoms with Gasteiger partial charge in [-0.05, 0) is 62.9 Å². The van der Waals surface area contributed by atoms with Gasteiger partial charge in [-0.15, -0.1) is 0 Å². The number of nitrogens with one attached hydrogen (secondary N) is 1. The van der Waals surface area contributed by atoms with Crippen LogP contribution in [0.3, 0.4) is 0 Å². The van der Waals surface area contributed by atoms with Crippen LogP contribution in [0.15, 0.2) is 30.3 Å². The Hall–Kier alpha value is -4.66. The summed E-state index contributed by atoms with van der Waals surface area (Å²) in [5.41, 5.74) is 6.51. The van der Waals surface area contributed by atoms with Crippen molar-refractivity contribution in [3.05, 3.63) is 74.8 Å². The first-order chi connectivity index (χ1) is 22.6. The lowest BCUT2D eigenvalue weighted by molar-refractivity contribution is -0.0725. The van der Waals surface area contributed by atoms with Crippen molar-refractivity contribution >= 4 is 6.09 Å². The molecule has 1 fully saturated rings. The summed E-state index contributed by atoms with van der Waals surface area (Å²) in [4.78, 5) is 17.4. The second-order valence-corrected chi connectivity index (χ2v) is 12.6. The van der Waals surface area contributed by atoms with Crippen LogP contribution < -0.4 is 19.5 Å². The van der Waals surface area contributed by atoms with E-state index in [9.17, 15) is 20.3 Å². The Balaban J connectivity index is 1.50. The van der Waals surface area contributed by atoms with Crippen LogP contribution in [0.4, 0.5) is 4.79 Å². The van der Waals surface area contributed by atoms with Crippen LogP contribution in [0.2, 0.25) is 0 Å². The fourth-order valence-corrected chi connectivity index (χ4v) is 8.30. The molecule has 3 N–H and O–H groups in total. The van der Waals surface area contributed by atoms with Gasteiger partial charge in [0.1, 0.15) is 18.4 Å². The molecule has 2 bridgehead atoms. The molecular weight excluding hydrogens is 600 g/mol. The second-order valence-electron chi connectivity index (χ2n) is 12.6. The lowest BCUT2D eigenvalue weighted by Crippen LogP contribution is -2.68. The predicted molar refractivity (Wildman–Crippen MR) is 174 cm³/mol. The van der Waals surface area contributed by atoms with Crippen LogP contribution in [0.5, 0.6) is 28.7 Å². The molecule has 6 rings (SSSR count). The fraction of sp³-hybridized carbons (Fsp3) is 0.444. The number of nitrogens with zero attached hydrogens (tertiary/aromatic N) is 3. The third-order valence-electron chi connectivity index (χ3n) is 10.5. The first-order valence-electron chi connectivity index (χ1n) is 15.8. The van der Waals surface area contributed by atoms with Gasteiger partial charge in [-0.1, -0.05) is 30.3 Å². The predicted octanol–water partition coefficient (Wildman–Crippen LogP) is 4.75. The Morgan fingerprint density at radius 1 is 0.894 bits per heavy atom. The van der Waals surface area contributed by atoms with Gasteiger partial charge >= 0.3 is 6.09 Å². The van der Waals surface area contributed by atoms with Crippen LogP contribution in [-0.2, 0) is 24.2 Å². The van der Waals surface area contributed by atoms with Gasteiger partial charge in [-0.2, -0.15) is 5.26 Å². The number of methoxy groups -OCH3 is 3. The summed E-state index contributed by atoms with van der Waals surface area (Å²) < 4.78 is 22.9. The molecule has 3 aliphatic rings. The van der Waals surface area contributed by atoms with E-state index in [1.54, 1.807) is 14.2 Å². The number of hydrogen-bond acceptors (Lipinski definition) is 10. The van der Waals surface area contributed by atoms with Crippen molar-refractivity contribution in [1.82, 2.24) is 15.1 Å². The van der Waals surface area contributed by atoms with Crippen molar-refractivity contribution in [2.24, 2.45) is 0 Å². The van der Waals surface area contributed by atoms with E-state index in [1.165, 1.54) is 7.11 Å². The number of piperazine rings is 1. The van der Waals surface area contributed by atoms with Crippen LogP contribution >= 0.6 is 0 Å². The molecule has 0 aromatic heterocycles. The Bertz CT molecular complexity index is 1760. The highest BCUT2D eigenvalue weighted by Crippen LogP contribution is 2.57. The van der Waals surface area contributed by atoms with E-state index in [2.05, 4.69) is 21.2 Å². The summed E-state index contributed by atoms with van der Waals surface area (Å²) in [6.45, 7) is 5.94. The number of nitriles is 1. The summed E-state index contributed by atoms with van der Waals surface area (Å²) in [5.74, 6) is 1.33. The lowest BCUT2D eigenvalue weighted by Gasteiger charge is -2.60. The van der Waals surface area contributed by atoms with Crippen molar-refractivity contribution in [3.8, 4) is 34.8 Å². The van der Waals surface area contributed by atoms with E-state index in [1.807, 2.05) is 58.2 Å². The number of ether oxygens (including phenoxy) is 4. The molecule has 3 aromatic rings. The average Bonchev–Trinajstić information content (AvgIpc) is 3.06. The van der Waals surface area contributed by atoms with E-state index < -0.39 is 18.2 Å². The Kier molecular flexibility index (Phi) is 8.59. The largest absolute Gasteiger partial charge is 0.504 e. The molecule has 11 heteroatoms. The first kappa shape index (κ1) is 32.3. The summed E-state index contributed by atoms with van der Waals surface area (Å²) in [6, 6.07) is 9.79. The number of aromatic hydroxyl groups is 2. The molecule has 1 saturated heterocycles. The number of likely N-dealkylation sites (N-methyl/N-ethyl adjacent to an activating group) is 1. The normalized spacial score (nSPS) is 23.1. The monoisotopic (exact) mass is 642 g/mol. The number of alkyl carbamates (subject to hydrolysis) is 1. The molecule has 3 aromatic carbocycles. The molecule has 11 nitrogen and oxygen atoms in total. The lowest BCUT2D eigenvalue weighted by atomic mass is 9.70. The van der Waals surface area contributed by atoms with E-state index in [0.29, 0.717) is 35.5 Å². The zero-order valence-electron chi connectivity index (χ0n) is 27.9. The van der Waals surface area contributed by atoms with Crippen molar-refractivity contribution in [1.29, 1.82) is 5.26 Å². The molecule has 3 aliphatic heterocycles. The number of carbonyl (C=O) groups is 1. The number of hydrogen-bond donors (Lipinski definition) is 3. The number of phenols is 2. The molecule has 0 radical (unpaired) electrons. The van der Waals surface area contributed by atoms with Gasteiger partial charge in [-0.25, -0.2) is 4.79 Å². The Morgan fingerprint density at radius 3 is 2.15 bits per heavy atom. The van der Waals surface area contributed by atoms with Crippen molar-refractivity contribution < 1.29 is 34.0 Å². The minimum atomic E-state index is -0.656. The smallest absolute Gasteiger partial charge is 0.407 e. The molecule has 0 unspecified atom stereocenters. The topological polar surface area (TPSA) is 137 Å². The van der Waals surface area contributed by atoms with Gasteiger partial charge in [0, 0.05) is 40.9 Å². The van der Waals surface area contributed by atoms with E-state index in [-0.39, 0.29) is 48.5 Å². The molecule has 1 amide bonds. The number of rotatable bonds is 7. The molecule has 0 saturated carbocycles. The summed E-state index contributed by atoms with van der Waals surface area (Å²) in [7, 11) is 6.63. The molecule has 0 aliphatic carbocycles. The highest BCUT2D eigenvalue weighted by molar-refractivity contribution is 5.69. The second kappa shape index (κ2) is 12.5. The number of amides is 1. The number of carbonyl (C=O) groups excluding carboxylic acids is 1. The van der Waals surface area contributed by atoms with E-state index in [4.69, 9.17) is 18.9 Å². The standard InChI is InChI=1S/C36H42N4O7/c1-18-19(2)34(45-6)32(42)29-22(18)13-24-26(15-37)40-25(30(29)39(24)4)14-23-28(31(41)35(46-7)20(3)33(23)44-5)27(40)16-38-36(43)47-17-21-11-9-8-10-12-21/h8-12,24-27,30,41-42H,13-14,16-17H2,1-7H3,(H,38,43)/t24-,25-,26-,27-,30-/m0/s1. The maximum absolute atomic E-state index is 13.1. The number of phenolic OH excluding ortho intramolecular Hbond substituents is 2. The van der Waals surface area contributed by atoms with Crippen molar-refractivity contribution in [2.75, 3.05) is 34.9 Å². The minimum absolute atomic E-state index is 0.0382. The van der Waals surface area contributed by atoms with Gasteiger partial charge in [-0.3, -0.25) is 9.80 Å². The summed E-state index contributed by atoms with van der Waals surface area (Å²) >= 11 is 0. The minimum Gasteiger partial charge on any atom is -0.504 e. The Morgan fingerprint density at radius 2 is 1.51 bits per heavy atom. The molecule has 5 atom stereocenters. The third-order valence-corrected chi connectivity index (χ3v) is 10.5. The zero-order valence-corrected chi connectivity index (χ0v) is 27.9. The van der Waals surface area contributed by atoms with Crippen LogP contribution in [0.25, 0.3) is 0 Å². The number of benzene rings is 3. The van der Waals surface area contributed by atoms with Crippen LogP contribution in [0, 0.1) is 32.1 Å². The van der Waals surface area contributed by atoms with Gasteiger partial charge in [0.05, 0.1) is 39.5 Å². The quantitative estimate of drug-likeness (QED) is 0.331. The van der Waals surface area contributed by atoms with Crippen LogP contribution in [-0.4, -0.2) is 79.2 Å². The molecule has 3 heterocycles. The van der Waals surface area contributed by atoms with Crippen LogP contribution in [0.1, 0.15) is 56.6 Å². The molecule has 47 heavy (non-hydrogen) atoms. The highest BCUT2D eigenvalue weighted by Gasteiger charge is 2.56. The van der Waals surface area contributed by atoms with Crippen molar-refractivity contribution in [2.45, 2.75) is 70.4 Å². The maximum atomic E-state index is 13.1. The summed E-state index contributed by atoms with van der Waals surface area (Å²) in [5, 5.41) is 37.2. The molecule has 0 spiro atoms. The zero-order chi connectivity index (χ0) is 33.7. The van der Waals surface area contributed by atoms with Gasteiger partial charge in [0.15, 0.2) is 23.0 Å².